The van der Waals surface area contributed by atoms with Crippen LogP contribution in [0.1, 0.15) is 19.2 Å². The van der Waals surface area contributed by atoms with Gasteiger partial charge >= 0.3 is 0 Å². The fourth-order valence-corrected chi connectivity index (χ4v) is 2.15. The Balaban J connectivity index is 2.35. The summed E-state index contributed by atoms with van der Waals surface area (Å²) < 4.78 is 11.5. The van der Waals surface area contributed by atoms with E-state index < -0.39 is 10.8 Å². The number of nitrogens with zero attached hydrogens (tertiary/aromatic N) is 2. The highest BCUT2D eigenvalue weighted by atomic mass is 32.2. The van der Waals surface area contributed by atoms with Crippen LogP contribution in [0.15, 0.2) is 18.5 Å². The summed E-state index contributed by atoms with van der Waals surface area (Å²) in [6.45, 7) is 1.91. The van der Waals surface area contributed by atoms with Gasteiger partial charge in [-0.05, 0) is 19.4 Å². The normalized spacial score (nSPS) is 15.0. The summed E-state index contributed by atoms with van der Waals surface area (Å²) >= 11 is 0. The maximum Gasteiger partial charge on any atom is 0.140 e. The van der Waals surface area contributed by atoms with E-state index in [1.165, 1.54) is 0 Å². The molecule has 0 fully saturated rings. The Hall–Kier alpha value is -0.810. The zero-order valence-electron chi connectivity index (χ0n) is 8.22. The zero-order chi connectivity index (χ0) is 10.4. The first-order valence-electron chi connectivity index (χ1n) is 4.55. The first-order valence-corrected chi connectivity index (χ1v) is 6.03. The summed E-state index contributed by atoms with van der Waals surface area (Å²) in [6.07, 6.45) is 4.09. The summed E-state index contributed by atoms with van der Waals surface area (Å²) in [7, 11) is -0.897. The maximum absolute atomic E-state index is 11.5. The molecule has 2 atom stereocenters. The first-order chi connectivity index (χ1) is 6.68. The van der Waals surface area contributed by atoms with Gasteiger partial charge in [0, 0.05) is 35.0 Å². The maximum atomic E-state index is 11.5. The van der Waals surface area contributed by atoms with Gasteiger partial charge in [0.1, 0.15) is 5.82 Å². The molecule has 0 amide bonds. The van der Waals surface area contributed by atoms with E-state index in [1.807, 2.05) is 6.92 Å². The number of nitrogens with two attached hydrogens (primary N) is 1. The number of hydrogen-bond donors (Lipinski definition) is 1. The van der Waals surface area contributed by atoms with Crippen molar-refractivity contribution in [1.82, 2.24) is 9.97 Å². The molecule has 1 rings (SSSR count). The van der Waals surface area contributed by atoms with Crippen LogP contribution in [0.4, 0.5) is 0 Å². The molecular formula is C9H15N3OS. The summed E-state index contributed by atoms with van der Waals surface area (Å²) in [5.41, 5.74) is 5.57. The highest BCUT2D eigenvalue weighted by Crippen LogP contribution is 1.98. The molecule has 4 nitrogen and oxygen atoms in total. The van der Waals surface area contributed by atoms with Crippen LogP contribution in [0.5, 0.6) is 0 Å². The minimum atomic E-state index is -0.897. The van der Waals surface area contributed by atoms with Gasteiger partial charge < -0.3 is 5.73 Å². The average molecular weight is 213 g/mol. The van der Waals surface area contributed by atoms with E-state index in [-0.39, 0.29) is 6.04 Å². The lowest BCUT2D eigenvalue weighted by molar-refractivity contribution is 0.666. The monoisotopic (exact) mass is 213 g/mol. The number of rotatable bonds is 5. The van der Waals surface area contributed by atoms with Crippen LogP contribution in [-0.4, -0.2) is 26.0 Å². The van der Waals surface area contributed by atoms with E-state index in [2.05, 4.69) is 9.97 Å². The number of aromatic nitrogens is 2. The molecule has 1 aromatic rings. The van der Waals surface area contributed by atoms with Gasteiger partial charge in [-0.3, -0.25) is 4.21 Å². The smallest absolute Gasteiger partial charge is 0.140 e. The van der Waals surface area contributed by atoms with E-state index in [1.54, 1.807) is 18.5 Å². The van der Waals surface area contributed by atoms with Gasteiger partial charge in [0.2, 0.25) is 0 Å². The molecule has 0 saturated heterocycles. The Morgan fingerprint density at radius 1 is 1.50 bits per heavy atom. The SMILES string of the molecule is CC(N)CCS(=O)Cc1ncccn1. The van der Waals surface area contributed by atoms with Gasteiger partial charge in [-0.2, -0.15) is 0 Å². The van der Waals surface area contributed by atoms with Gasteiger partial charge in [0.15, 0.2) is 0 Å². The molecule has 0 spiro atoms. The summed E-state index contributed by atoms with van der Waals surface area (Å²) in [4.78, 5) is 8.02. The summed E-state index contributed by atoms with van der Waals surface area (Å²) in [5, 5.41) is 0. The quantitative estimate of drug-likeness (QED) is 0.771. The highest BCUT2D eigenvalue weighted by Gasteiger charge is 2.04. The fourth-order valence-electron chi connectivity index (χ4n) is 0.938. The van der Waals surface area contributed by atoms with Gasteiger partial charge in [-0.25, -0.2) is 9.97 Å². The first kappa shape index (κ1) is 11.3. The third-order valence-corrected chi connectivity index (χ3v) is 2.98. The Bertz CT molecular complexity index is 289. The molecule has 0 bridgehead atoms. The van der Waals surface area contributed by atoms with Crippen molar-refractivity contribution < 1.29 is 4.21 Å². The molecule has 1 aromatic heterocycles. The minimum absolute atomic E-state index is 0.107. The standard InChI is InChI=1S/C9H15N3OS/c1-8(10)3-6-14(13)7-9-11-4-2-5-12-9/h2,4-5,8H,3,6-7,10H2,1H3. The third kappa shape index (κ3) is 4.43. The topological polar surface area (TPSA) is 68.9 Å². The van der Waals surface area contributed by atoms with E-state index in [9.17, 15) is 4.21 Å². The predicted octanol–water partition coefficient (Wildman–Crippen LogP) is 0.463. The molecule has 2 N–H and O–H groups in total. The largest absolute Gasteiger partial charge is 0.328 e. The minimum Gasteiger partial charge on any atom is -0.328 e. The lowest BCUT2D eigenvalue weighted by Crippen LogP contribution is -2.18. The van der Waals surface area contributed by atoms with Crippen LogP contribution < -0.4 is 5.73 Å². The van der Waals surface area contributed by atoms with Crippen LogP contribution in [0.3, 0.4) is 0 Å². The molecule has 0 radical (unpaired) electrons. The molecule has 0 aliphatic carbocycles. The van der Waals surface area contributed by atoms with Crippen molar-refractivity contribution in [1.29, 1.82) is 0 Å². The van der Waals surface area contributed by atoms with Crippen molar-refractivity contribution in [3.8, 4) is 0 Å². The van der Waals surface area contributed by atoms with Crippen molar-refractivity contribution in [2.75, 3.05) is 5.75 Å². The van der Waals surface area contributed by atoms with Crippen LogP contribution in [0, 0.1) is 0 Å². The Morgan fingerprint density at radius 3 is 2.71 bits per heavy atom. The van der Waals surface area contributed by atoms with Gasteiger partial charge in [0.05, 0.1) is 5.75 Å². The molecule has 0 saturated carbocycles. The second kappa shape index (κ2) is 5.82. The molecular weight excluding hydrogens is 198 g/mol. The van der Waals surface area contributed by atoms with Crippen molar-refractivity contribution in [2.45, 2.75) is 25.1 Å². The molecule has 0 aromatic carbocycles. The Labute approximate surface area is 86.4 Å². The molecule has 5 heteroatoms. The summed E-state index contributed by atoms with van der Waals surface area (Å²) in [6, 6.07) is 1.85. The van der Waals surface area contributed by atoms with Gasteiger partial charge in [0.25, 0.3) is 0 Å². The lowest BCUT2D eigenvalue weighted by Gasteiger charge is -2.03. The Morgan fingerprint density at radius 2 is 2.14 bits per heavy atom. The van der Waals surface area contributed by atoms with Crippen molar-refractivity contribution in [2.24, 2.45) is 5.73 Å². The van der Waals surface area contributed by atoms with E-state index >= 15 is 0 Å². The van der Waals surface area contributed by atoms with Gasteiger partial charge in [-0.1, -0.05) is 0 Å². The van der Waals surface area contributed by atoms with Crippen LogP contribution in [0.25, 0.3) is 0 Å². The zero-order valence-corrected chi connectivity index (χ0v) is 9.04. The average Bonchev–Trinajstić information content (AvgIpc) is 2.16. The van der Waals surface area contributed by atoms with Crippen LogP contribution in [-0.2, 0) is 16.6 Å². The Kier molecular flexibility index (Phi) is 4.69. The van der Waals surface area contributed by atoms with E-state index in [4.69, 9.17) is 5.73 Å². The summed E-state index contributed by atoms with van der Waals surface area (Å²) in [5.74, 6) is 1.68. The van der Waals surface area contributed by atoms with E-state index in [0.717, 1.165) is 6.42 Å². The second-order valence-corrected chi connectivity index (χ2v) is 4.80. The molecule has 0 aliphatic heterocycles. The predicted molar refractivity (Wildman–Crippen MR) is 57.0 cm³/mol. The van der Waals surface area contributed by atoms with Crippen molar-refractivity contribution in [3.63, 3.8) is 0 Å². The van der Waals surface area contributed by atoms with Gasteiger partial charge in [-0.15, -0.1) is 0 Å². The van der Waals surface area contributed by atoms with Crippen molar-refractivity contribution >= 4 is 10.8 Å². The number of hydrogen-bond acceptors (Lipinski definition) is 4. The lowest BCUT2D eigenvalue weighted by atomic mass is 10.3. The second-order valence-electron chi connectivity index (χ2n) is 3.22. The molecule has 78 valence electrons. The molecule has 1 heterocycles. The fraction of sp³-hybridized carbons (Fsp3) is 0.556. The van der Waals surface area contributed by atoms with Crippen molar-refractivity contribution in [3.05, 3.63) is 24.3 Å². The van der Waals surface area contributed by atoms with Crippen LogP contribution in [0.2, 0.25) is 0 Å². The van der Waals surface area contributed by atoms with Crippen LogP contribution >= 0.6 is 0 Å². The molecule has 14 heavy (non-hydrogen) atoms. The third-order valence-electron chi connectivity index (χ3n) is 1.71. The highest BCUT2D eigenvalue weighted by molar-refractivity contribution is 7.84. The molecule has 0 aliphatic rings. The van der Waals surface area contributed by atoms with E-state index in [0.29, 0.717) is 17.3 Å². The molecule has 2 unspecified atom stereocenters.